The Bertz CT molecular complexity index is 843. The topological polar surface area (TPSA) is 85.1 Å². The maximum absolute atomic E-state index is 12.7. The van der Waals surface area contributed by atoms with Crippen LogP contribution in [0.3, 0.4) is 0 Å². The van der Waals surface area contributed by atoms with Crippen LogP contribution in [0.15, 0.2) is 79.0 Å². The Morgan fingerprint density at radius 2 is 1.64 bits per heavy atom. The van der Waals surface area contributed by atoms with Gasteiger partial charge in [-0.15, -0.1) is 0 Å². The van der Waals surface area contributed by atoms with Crippen LogP contribution in [0.2, 0.25) is 0 Å². The summed E-state index contributed by atoms with van der Waals surface area (Å²) in [5.74, 6) is -0.521. The third-order valence-corrected chi connectivity index (χ3v) is 3.74. The first kappa shape index (κ1) is 16.3. The number of pyridine rings is 1. The summed E-state index contributed by atoms with van der Waals surface area (Å²) in [7, 11) is 0. The lowest BCUT2D eigenvalue weighted by atomic mass is 10.0. The molecule has 6 nitrogen and oxygen atoms in total. The molecule has 0 radical (unpaired) electrons. The fourth-order valence-electron chi connectivity index (χ4n) is 2.55. The molecule has 0 saturated heterocycles. The summed E-state index contributed by atoms with van der Waals surface area (Å²) < 4.78 is 0. The summed E-state index contributed by atoms with van der Waals surface area (Å²) >= 11 is 0. The van der Waals surface area contributed by atoms with Crippen LogP contribution in [0, 0.1) is 10.1 Å². The minimum Gasteiger partial charge on any atom is -0.339 e. The number of hydrogen-bond acceptors (Lipinski definition) is 4. The Morgan fingerprint density at radius 1 is 0.960 bits per heavy atom. The van der Waals surface area contributed by atoms with Crippen molar-refractivity contribution < 1.29 is 9.72 Å². The highest BCUT2D eigenvalue weighted by atomic mass is 16.6. The van der Waals surface area contributed by atoms with Crippen molar-refractivity contribution in [1.82, 2.24) is 10.3 Å². The van der Waals surface area contributed by atoms with Gasteiger partial charge in [0.2, 0.25) is 0 Å². The van der Waals surface area contributed by atoms with Crippen molar-refractivity contribution >= 4 is 11.6 Å². The summed E-state index contributed by atoms with van der Waals surface area (Å²) in [6.07, 6.45) is 1.64. The van der Waals surface area contributed by atoms with Crippen LogP contribution in [0.25, 0.3) is 0 Å². The molecule has 1 heterocycles. The summed E-state index contributed by atoms with van der Waals surface area (Å²) in [5, 5.41) is 14.0. The lowest BCUT2D eigenvalue weighted by molar-refractivity contribution is -0.385. The van der Waals surface area contributed by atoms with Gasteiger partial charge in [0.1, 0.15) is 5.56 Å². The highest BCUT2D eigenvalue weighted by Gasteiger charge is 2.23. The van der Waals surface area contributed by atoms with E-state index in [1.54, 1.807) is 24.4 Å². The van der Waals surface area contributed by atoms with Gasteiger partial charge in [-0.3, -0.25) is 19.9 Å². The van der Waals surface area contributed by atoms with Crippen LogP contribution in [0.1, 0.15) is 27.7 Å². The second kappa shape index (κ2) is 7.35. The third kappa shape index (κ3) is 3.69. The van der Waals surface area contributed by atoms with Crippen LogP contribution < -0.4 is 5.32 Å². The molecule has 0 aliphatic carbocycles. The first-order valence-corrected chi connectivity index (χ1v) is 7.67. The van der Waals surface area contributed by atoms with Crippen molar-refractivity contribution in [2.24, 2.45) is 0 Å². The summed E-state index contributed by atoms with van der Waals surface area (Å²) in [6.45, 7) is 0. The SMILES string of the molecule is O=C(N[C@@H](c1ccccc1)c1ccccn1)c1ccccc1[N+](=O)[O-]. The predicted octanol–water partition coefficient (Wildman–Crippen LogP) is 3.51. The zero-order valence-corrected chi connectivity index (χ0v) is 13.2. The molecule has 0 bridgehead atoms. The number of nitrogens with zero attached hydrogens (tertiary/aromatic N) is 2. The predicted molar refractivity (Wildman–Crippen MR) is 93.1 cm³/mol. The van der Waals surface area contributed by atoms with Crippen molar-refractivity contribution in [3.05, 3.63) is 106 Å². The lowest BCUT2D eigenvalue weighted by Crippen LogP contribution is -2.30. The Balaban J connectivity index is 1.97. The number of amides is 1. The largest absolute Gasteiger partial charge is 0.339 e. The fourth-order valence-corrected chi connectivity index (χ4v) is 2.55. The van der Waals surface area contributed by atoms with Crippen molar-refractivity contribution in [3.8, 4) is 0 Å². The van der Waals surface area contributed by atoms with Crippen LogP contribution >= 0.6 is 0 Å². The Morgan fingerprint density at radius 3 is 2.32 bits per heavy atom. The Labute approximate surface area is 144 Å². The van der Waals surface area contributed by atoms with Gasteiger partial charge in [0.25, 0.3) is 11.6 Å². The van der Waals surface area contributed by atoms with Crippen molar-refractivity contribution in [2.45, 2.75) is 6.04 Å². The monoisotopic (exact) mass is 333 g/mol. The van der Waals surface area contributed by atoms with E-state index in [1.807, 2.05) is 36.4 Å². The number of carbonyl (C=O) groups is 1. The number of rotatable bonds is 5. The van der Waals surface area contributed by atoms with Gasteiger partial charge in [0.15, 0.2) is 0 Å². The minimum absolute atomic E-state index is 0.0179. The Hall–Kier alpha value is -3.54. The van der Waals surface area contributed by atoms with Gasteiger partial charge in [0.05, 0.1) is 16.7 Å². The molecule has 1 N–H and O–H groups in total. The maximum atomic E-state index is 12.7. The zero-order chi connectivity index (χ0) is 17.6. The van der Waals surface area contributed by atoms with E-state index in [4.69, 9.17) is 0 Å². The van der Waals surface area contributed by atoms with E-state index in [-0.39, 0.29) is 11.3 Å². The van der Waals surface area contributed by atoms with Gasteiger partial charge in [-0.25, -0.2) is 0 Å². The lowest BCUT2D eigenvalue weighted by Gasteiger charge is -2.19. The molecule has 0 fully saturated rings. The van der Waals surface area contributed by atoms with E-state index in [0.29, 0.717) is 5.69 Å². The molecular formula is C19H15N3O3. The molecule has 2 aromatic carbocycles. The summed E-state index contributed by atoms with van der Waals surface area (Å²) in [4.78, 5) is 27.6. The molecule has 1 aromatic heterocycles. The second-order valence-electron chi connectivity index (χ2n) is 5.35. The van der Waals surface area contributed by atoms with Crippen LogP contribution in [0.5, 0.6) is 0 Å². The number of nitro benzene ring substituents is 1. The van der Waals surface area contributed by atoms with Gasteiger partial charge in [-0.05, 0) is 23.8 Å². The van der Waals surface area contributed by atoms with Gasteiger partial charge >= 0.3 is 0 Å². The maximum Gasteiger partial charge on any atom is 0.282 e. The smallest absolute Gasteiger partial charge is 0.282 e. The van der Waals surface area contributed by atoms with Crippen molar-refractivity contribution in [2.75, 3.05) is 0 Å². The number of nitro groups is 1. The zero-order valence-electron chi connectivity index (χ0n) is 13.2. The number of para-hydroxylation sites is 1. The number of nitrogens with one attached hydrogen (secondary N) is 1. The second-order valence-corrected chi connectivity index (χ2v) is 5.35. The minimum atomic E-state index is -0.562. The number of benzene rings is 2. The molecule has 0 spiro atoms. The molecule has 1 amide bonds. The molecule has 124 valence electrons. The number of carbonyl (C=O) groups excluding carboxylic acids is 1. The molecule has 0 aliphatic rings. The van der Waals surface area contributed by atoms with E-state index in [9.17, 15) is 14.9 Å². The molecule has 3 aromatic rings. The highest BCUT2D eigenvalue weighted by Crippen LogP contribution is 2.23. The Kier molecular flexibility index (Phi) is 4.80. The van der Waals surface area contributed by atoms with E-state index in [2.05, 4.69) is 10.3 Å². The first-order chi connectivity index (χ1) is 12.2. The number of aromatic nitrogens is 1. The summed E-state index contributed by atoms with van der Waals surface area (Å²) in [5.41, 5.74) is 1.28. The van der Waals surface area contributed by atoms with Crippen LogP contribution in [-0.2, 0) is 0 Å². The van der Waals surface area contributed by atoms with E-state index in [0.717, 1.165) is 5.56 Å². The van der Waals surface area contributed by atoms with Gasteiger partial charge in [-0.1, -0.05) is 48.5 Å². The molecular weight excluding hydrogens is 318 g/mol. The van der Waals surface area contributed by atoms with Crippen LogP contribution in [0.4, 0.5) is 5.69 Å². The van der Waals surface area contributed by atoms with E-state index in [1.165, 1.54) is 18.2 Å². The average Bonchev–Trinajstić information content (AvgIpc) is 2.67. The molecule has 0 aliphatic heterocycles. The number of hydrogen-bond donors (Lipinski definition) is 1. The fraction of sp³-hybridized carbons (Fsp3) is 0.0526. The first-order valence-electron chi connectivity index (χ1n) is 7.67. The average molecular weight is 333 g/mol. The molecule has 25 heavy (non-hydrogen) atoms. The van der Waals surface area contributed by atoms with Gasteiger partial charge < -0.3 is 5.32 Å². The van der Waals surface area contributed by atoms with Crippen LogP contribution in [-0.4, -0.2) is 15.8 Å². The summed E-state index contributed by atoms with van der Waals surface area (Å²) in [6, 6.07) is 20.1. The standard InChI is InChI=1S/C19H15N3O3/c23-19(15-10-4-5-12-17(15)22(24)25)21-18(14-8-2-1-3-9-14)16-11-6-7-13-20-16/h1-13,18H,(H,21,23)/t18-/m0/s1. The van der Waals surface area contributed by atoms with Gasteiger partial charge in [0, 0.05) is 12.3 Å². The molecule has 0 saturated carbocycles. The molecule has 3 rings (SSSR count). The van der Waals surface area contributed by atoms with E-state index >= 15 is 0 Å². The molecule has 1 atom stereocenters. The van der Waals surface area contributed by atoms with Crippen molar-refractivity contribution in [1.29, 1.82) is 0 Å². The van der Waals surface area contributed by atoms with Crippen molar-refractivity contribution in [3.63, 3.8) is 0 Å². The van der Waals surface area contributed by atoms with E-state index < -0.39 is 16.9 Å². The third-order valence-electron chi connectivity index (χ3n) is 3.74. The molecule has 6 heteroatoms. The highest BCUT2D eigenvalue weighted by molar-refractivity contribution is 5.98. The molecule has 0 unspecified atom stereocenters. The quantitative estimate of drug-likeness (QED) is 0.572. The van der Waals surface area contributed by atoms with Gasteiger partial charge in [-0.2, -0.15) is 0 Å². The normalized spacial score (nSPS) is 11.5.